The molecule has 18 heavy (non-hydrogen) atoms. The second-order valence-electron chi connectivity index (χ2n) is 5.23. The largest absolute Gasteiger partial charge is 0.469 e. The number of carbonyl (C=O) groups excluding carboxylic acids is 1. The third kappa shape index (κ3) is 3.26. The standard InChI is InChI=1S/C15H19ClO2/c1-18-14(17)11-15(8-2-9-15)10-7-12-3-5-13(16)6-4-12/h3-6H,2,7-11H2,1H3. The fourth-order valence-corrected chi connectivity index (χ4v) is 2.76. The minimum absolute atomic E-state index is 0.0780. The monoisotopic (exact) mass is 266 g/mol. The van der Waals surface area contributed by atoms with E-state index >= 15 is 0 Å². The summed E-state index contributed by atoms with van der Waals surface area (Å²) in [5, 5.41) is 0.770. The summed E-state index contributed by atoms with van der Waals surface area (Å²) in [5.41, 5.74) is 1.47. The molecule has 0 amide bonds. The van der Waals surface area contributed by atoms with Crippen LogP contribution in [0.1, 0.15) is 37.7 Å². The number of rotatable bonds is 5. The van der Waals surface area contributed by atoms with E-state index in [1.165, 1.54) is 19.1 Å². The summed E-state index contributed by atoms with van der Waals surface area (Å²) in [4.78, 5) is 11.4. The van der Waals surface area contributed by atoms with Crippen LogP contribution in [0, 0.1) is 5.41 Å². The SMILES string of the molecule is COC(=O)CC1(CCc2ccc(Cl)cc2)CCC1. The number of hydrogen-bond donors (Lipinski definition) is 0. The fraction of sp³-hybridized carbons (Fsp3) is 0.533. The van der Waals surface area contributed by atoms with Crippen molar-refractivity contribution in [2.75, 3.05) is 7.11 Å². The van der Waals surface area contributed by atoms with Crippen molar-refractivity contribution in [2.45, 2.75) is 38.5 Å². The third-order valence-corrected chi connectivity index (χ3v) is 4.27. The number of halogens is 1. The molecule has 1 saturated carbocycles. The first-order valence-electron chi connectivity index (χ1n) is 6.45. The minimum Gasteiger partial charge on any atom is -0.469 e. The van der Waals surface area contributed by atoms with Gasteiger partial charge in [0.1, 0.15) is 0 Å². The Labute approximate surface area is 113 Å². The molecule has 0 bridgehead atoms. The van der Waals surface area contributed by atoms with Crippen molar-refractivity contribution < 1.29 is 9.53 Å². The van der Waals surface area contributed by atoms with Crippen LogP contribution >= 0.6 is 11.6 Å². The van der Waals surface area contributed by atoms with Gasteiger partial charge in [0.15, 0.2) is 0 Å². The van der Waals surface area contributed by atoms with Gasteiger partial charge >= 0.3 is 5.97 Å². The van der Waals surface area contributed by atoms with Crippen LogP contribution in [-0.4, -0.2) is 13.1 Å². The third-order valence-electron chi connectivity index (χ3n) is 4.02. The molecule has 2 nitrogen and oxygen atoms in total. The summed E-state index contributed by atoms with van der Waals surface area (Å²) in [6, 6.07) is 7.97. The van der Waals surface area contributed by atoms with Gasteiger partial charge in [0.05, 0.1) is 13.5 Å². The Bertz CT molecular complexity index is 407. The quantitative estimate of drug-likeness (QED) is 0.753. The molecule has 0 N–H and O–H groups in total. The van der Waals surface area contributed by atoms with Crippen LogP contribution in [0.25, 0.3) is 0 Å². The predicted molar refractivity (Wildman–Crippen MR) is 72.7 cm³/mol. The highest BCUT2D eigenvalue weighted by molar-refractivity contribution is 6.30. The molecule has 1 aliphatic rings. The number of aryl methyl sites for hydroxylation is 1. The topological polar surface area (TPSA) is 26.3 Å². The molecule has 98 valence electrons. The van der Waals surface area contributed by atoms with Gasteiger partial charge < -0.3 is 4.74 Å². The lowest BCUT2D eigenvalue weighted by molar-refractivity contribution is -0.145. The van der Waals surface area contributed by atoms with Gasteiger partial charge in [-0.15, -0.1) is 0 Å². The normalized spacial score (nSPS) is 17.0. The lowest BCUT2D eigenvalue weighted by Crippen LogP contribution is -2.33. The number of benzene rings is 1. The zero-order chi connectivity index (χ0) is 13.0. The zero-order valence-corrected chi connectivity index (χ0v) is 11.5. The van der Waals surface area contributed by atoms with E-state index in [1.807, 2.05) is 12.1 Å². The van der Waals surface area contributed by atoms with Gasteiger partial charge in [-0.2, -0.15) is 0 Å². The predicted octanol–water partition coefficient (Wildman–Crippen LogP) is 4.01. The Balaban J connectivity index is 1.91. The molecule has 1 aromatic carbocycles. The van der Waals surface area contributed by atoms with Crippen LogP contribution in [0.3, 0.4) is 0 Å². The molecule has 0 atom stereocenters. The summed E-state index contributed by atoms with van der Waals surface area (Å²) < 4.78 is 4.79. The van der Waals surface area contributed by atoms with E-state index in [1.54, 1.807) is 0 Å². The molecule has 0 spiro atoms. The molecule has 0 heterocycles. The van der Waals surface area contributed by atoms with Crippen molar-refractivity contribution in [3.63, 3.8) is 0 Å². The minimum atomic E-state index is -0.0780. The lowest BCUT2D eigenvalue weighted by Gasteiger charge is -2.41. The highest BCUT2D eigenvalue weighted by Gasteiger charge is 2.38. The number of methoxy groups -OCH3 is 1. The van der Waals surface area contributed by atoms with Crippen molar-refractivity contribution in [1.29, 1.82) is 0 Å². The number of esters is 1. The molecule has 1 aliphatic carbocycles. The van der Waals surface area contributed by atoms with E-state index in [0.29, 0.717) is 6.42 Å². The average Bonchev–Trinajstić information content (AvgIpc) is 2.34. The molecule has 2 rings (SSSR count). The molecule has 3 heteroatoms. The first-order chi connectivity index (χ1) is 8.63. The lowest BCUT2D eigenvalue weighted by atomic mass is 9.64. The van der Waals surface area contributed by atoms with E-state index in [4.69, 9.17) is 16.3 Å². The van der Waals surface area contributed by atoms with E-state index in [9.17, 15) is 4.79 Å². The first kappa shape index (κ1) is 13.4. The highest BCUT2D eigenvalue weighted by Crippen LogP contribution is 2.47. The smallest absolute Gasteiger partial charge is 0.306 e. The van der Waals surface area contributed by atoms with Crippen LogP contribution in [-0.2, 0) is 16.0 Å². The molecule has 0 unspecified atom stereocenters. The average molecular weight is 267 g/mol. The molecular weight excluding hydrogens is 248 g/mol. The Hall–Kier alpha value is -1.02. The van der Waals surface area contributed by atoms with E-state index in [2.05, 4.69) is 12.1 Å². The van der Waals surface area contributed by atoms with Gasteiger partial charge in [0.25, 0.3) is 0 Å². The second-order valence-corrected chi connectivity index (χ2v) is 5.67. The molecule has 0 saturated heterocycles. The van der Waals surface area contributed by atoms with Crippen molar-refractivity contribution in [2.24, 2.45) is 5.41 Å². The zero-order valence-electron chi connectivity index (χ0n) is 10.7. The maximum absolute atomic E-state index is 11.4. The van der Waals surface area contributed by atoms with Crippen LogP contribution < -0.4 is 0 Å². The highest BCUT2D eigenvalue weighted by atomic mass is 35.5. The molecule has 0 aromatic heterocycles. The maximum atomic E-state index is 11.4. The van der Waals surface area contributed by atoms with Crippen molar-refractivity contribution in [3.05, 3.63) is 34.9 Å². The Morgan fingerprint density at radius 2 is 2.00 bits per heavy atom. The van der Waals surface area contributed by atoms with Crippen LogP contribution in [0.5, 0.6) is 0 Å². The molecule has 0 aliphatic heterocycles. The van der Waals surface area contributed by atoms with Gasteiger partial charge in [-0.1, -0.05) is 30.2 Å². The van der Waals surface area contributed by atoms with Crippen LogP contribution in [0.4, 0.5) is 0 Å². The molecular formula is C15H19ClO2. The van der Waals surface area contributed by atoms with Crippen LogP contribution in [0.2, 0.25) is 5.02 Å². The summed E-state index contributed by atoms with van der Waals surface area (Å²) in [6.45, 7) is 0. The summed E-state index contributed by atoms with van der Waals surface area (Å²) in [7, 11) is 1.47. The summed E-state index contributed by atoms with van der Waals surface area (Å²) >= 11 is 5.87. The number of carbonyl (C=O) groups is 1. The van der Waals surface area contributed by atoms with E-state index < -0.39 is 0 Å². The van der Waals surface area contributed by atoms with Gasteiger partial charge in [-0.3, -0.25) is 4.79 Å². The van der Waals surface area contributed by atoms with Gasteiger partial charge in [0.2, 0.25) is 0 Å². The Kier molecular flexibility index (Phi) is 4.28. The first-order valence-corrected chi connectivity index (χ1v) is 6.83. The maximum Gasteiger partial charge on any atom is 0.306 e. The summed E-state index contributed by atoms with van der Waals surface area (Å²) in [5.74, 6) is -0.0780. The van der Waals surface area contributed by atoms with E-state index in [-0.39, 0.29) is 11.4 Å². The fourth-order valence-electron chi connectivity index (χ4n) is 2.63. The second kappa shape index (κ2) is 5.75. The van der Waals surface area contributed by atoms with Gasteiger partial charge in [0, 0.05) is 5.02 Å². The van der Waals surface area contributed by atoms with Crippen LogP contribution in [0.15, 0.2) is 24.3 Å². The molecule has 0 radical (unpaired) electrons. The van der Waals surface area contributed by atoms with Crippen molar-refractivity contribution in [1.82, 2.24) is 0 Å². The van der Waals surface area contributed by atoms with E-state index in [0.717, 1.165) is 30.7 Å². The van der Waals surface area contributed by atoms with Gasteiger partial charge in [-0.25, -0.2) is 0 Å². The molecule has 1 fully saturated rings. The van der Waals surface area contributed by atoms with Crippen molar-refractivity contribution in [3.8, 4) is 0 Å². The Morgan fingerprint density at radius 1 is 1.33 bits per heavy atom. The number of hydrogen-bond acceptors (Lipinski definition) is 2. The van der Waals surface area contributed by atoms with Crippen molar-refractivity contribution >= 4 is 17.6 Å². The van der Waals surface area contributed by atoms with Gasteiger partial charge in [-0.05, 0) is 48.8 Å². The number of ether oxygens (including phenoxy) is 1. The molecule has 1 aromatic rings. The summed E-state index contributed by atoms with van der Waals surface area (Å²) in [6.07, 6.45) is 6.16. The Morgan fingerprint density at radius 3 is 2.50 bits per heavy atom.